The highest BCUT2D eigenvalue weighted by atomic mass is 16.2. The van der Waals surface area contributed by atoms with Crippen molar-refractivity contribution in [2.24, 2.45) is 5.73 Å². The van der Waals surface area contributed by atoms with Gasteiger partial charge < -0.3 is 20.9 Å². The molecule has 3 heterocycles. The van der Waals surface area contributed by atoms with E-state index in [2.05, 4.69) is 39.5 Å². The molecule has 0 saturated carbocycles. The van der Waals surface area contributed by atoms with Crippen LogP contribution in [-0.4, -0.2) is 59.5 Å². The Kier molecular flexibility index (Phi) is 7.65. The number of nitrogens with one attached hydrogen (secondary N) is 1. The largest absolute Gasteiger partial charge is 0.357 e. The molecule has 0 radical (unpaired) electrons. The lowest BCUT2D eigenvalue weighted by Crippen LogP contribution is -2.49. The quantitative estimate of drug-likeness (QED) is 0.626. The highest BCUT2D eigenvalue weighted by Crippen LogP contribution is 2.33. The smallest absolute Gasteiger partial charge is 0.253 e. The van der Waals surface area contributed by atoms with Gasteiger partial charge in [-0.25, -0.2) is 4.98 Å². The van der Waals surface area contributed by atoms with Crippen molar-refractivity contribution in [2.75, 3.05) is 31.1 Å². The first-order valence-corrected chi connectivity index (χ1v) is 13.8. The number of carbonyl (C=O) groups is 2. The number of aromatic nitrogens is 1. The van der Waals surface area contributed by atoms with E-state index >= 15 is 0 Å². The molecule has 38 heavy (non-hydrogen) atoms. The minimum atomic E-state index is -0.638. The Morgan fingerprint density at radius 2 is 1.68 bits per heavy atom. The molecule has 1 aromatic carbocycles. The van der Waals surface area contributed by atoms with Gasteiger partial charge in [0.1, 0.15) is 5.82 Å². The van der Waals surface area contributed by atoms with Gasteiger partial charge in [0.05, 0.1) is 11.1 Å². The number of likely N-dealkylation sites (tertiary alicyclic amines) is 1. The maximum atomic E-state index is 13.4. The molecule has 2 aliphatic heterocycles. The molecular weight excluding hydrogens is 474 g/mol. The molecule has 3 N–H and O–H groups in total. The molecule has 2 amide bonds. The number of benzene rings is 1. The predicted octanol–water partition coefficient (Wildman–Crippen LogP) is 4.18. The average molecular weight is 514 g/mol. The molecule has 1 aliphatic carbocycles. The van der Waals surface area contributed by atoms with Gasteiger partial charge in [-0.3, -0.25) is 9.59 Å². The fourth-order valence-electron chi connectivity index (χ4n) is 5.78. The second-order valence-corrected chi connectivity index (χ2v) is 11.2. The third-order valence-corrected chi connectivity index (χ3v) is 8.54. The summed E-state index contributed by atoms with van der Waals surface area (Å²) in [7, 11) is 0. The van der Waals surface area contributed by atoms with Gasteiger partial charge in [0.2, 0.25) is 5.91 Å². The topological polar surface area (TPSA) is 91.6 Å². The molecule has 0 bridgehead atoms. The van der Waals surface area contributed by atoms with Gasteiger partial charge in [-0.05, 0) is 68.7 Å². The lowest BCUT2D eigenvalue weighted by molar-refractivity contribution is -0.128. The minimum absolute atomic E-state index is 0.0769. The van der Waals surface area contributed by atoms with Crippen LogP contribution < -0.4 is 16.0 Å². The Bertz CT molecular complexity index is 1210. The lowest BCUT2D eigenvalue weighted by atomic mass is 9.81. The van der Waals surface area contributed by atoms with E-state index < -0.39 is 5.54 Å². The van der Waals surface area contributed by atoms with Crippen molar-refractivity contribution in [2.45, 2.75) is 63.5 Å². The van der Waals surface area contributed by atoms with Gasteiger partial charge in [-0.2, -0.15) is 0 Å². The predicted molar refractivity (Wildman–Crippen MR) is 151 cm³/mol. The number of piperidine rings is 2. The molecule has 2 saturated heterocycles. The van der Waals surface area contributed by atoms with Gasteiger partial charge >= 0.3 is 0 Å². The van der Waals surface area contributed by atoms with Gasteiger partial charge in [0.25, 0.3) is 5.91 Å². The maximum Gasteiger partial charge on any atom is 0.253 e. The van der Waals surface area contributed by atoms with E-state index in [1.54, 1.807) is 6.20 Å². The normalized spacial score (nSPS) is 23.0. The van der Waals surface area contributed by atoms with E-state index in [4.69, 9.17) is 5.73 Å². The number of anilines is 1. The second kappa shape index (κ2) is 11.1. The van der Waals surface area contributed by atoms with Crippen LogP contribution in [0, 0.1) is 0 Å². The first-order chi connectivity index (χ1) is 18.3. The Morgan fingerprint density at radius 3 is 2.34 bits per heavy atom. The van der Waals surface area contributed by atoms with E-state index in [9.17, 15) is 9.59 Å². The fraction of sp³-hybridized carbons (Fsp3) is 0.452. The number of hydrogen-bond acceptors (Lipinski definition) is 5. The summed E-state index contributed by atoms with van der Waals surface area (Å²) in [4.78, 5) is 35.4. The Hall–Kier alpha value is -3.45. The summed E-state index contributed by atoms with van der Waals surface area (Å²) >= 11 is 0. The summed E-state index contributed by atoms with van der Waals surface area (Å²) in [5.74, 6) is 1.27. The number of nitrogens with zero attached hydrogens (tertiary/aromatic N) is 3. The zero-order chi connectivity index (χ0) is 26.7. The summed E-state index contributed by atoms with van der Waals surface area (Å²) in [6.07, 6.45) is 9.85. The Labute approximate surface area is 225 Å². The molecule has 7 heteroatoms. The molecule has 2 aromatic rings. The van der Waals surface area contributed by atoms with E-state index in [1.807, 2.05) is 49.1 Å². The van der Waals surface area contributed by atoms with Crippen molar-refractivity contribution in [3.05, 3.63) is 83.1 Å². The van der Waals surface area contributed by atoms with Gasteiger partial charge in [0, 0.05) is 50.4 Å². The highest BCUT2D eigenvalue weighted by molar-refractivity contribution is 5.97. The summed E-state index contributed by atoms with van der Waals surface area (Å²) in [6, 6.07) is 14.6. The summed E-state index contributed by atoms with van der Waals surface area (Å²) in [6.45, 7) is 7.28. The van der Waals surface area contributed by atoms with Crippen LogP contribution in [0.4, 0.5) is 5.82 Å². The molecular formula is C31H39N5O2. The first kappa shape index (κ1) is 26.2. The summed E-state index contributed by atoms with van der Waals surface area (Å²) in [5, 5.41) is 3.19. The minimum Gasteiger partial charge on any atom is -0.357 e. The zero-order valence-electron chi connectivity index (χ0n) is 22.5. The summed E-state index contributed by atoms with van der Waals surface area (Å²) < 4.78 is 0. The molecule has 5 rings (SSSR count). The number of carbonyl (C=O) groups excluding carboxylic acids is 2. The molecule has 1 unspecified atom stereocenters. The number of pyridine rings is 1. The molecule has 1 atom stereocenters. The highest BCUT2D eigenvalue weighted by Gasteiger charge is 2.36. The number of allylic oxidation sites excluding steroid dienone is 2. The Morgan fingerprint density at radius 1 is 0.974 bits per heavy atom. The van der Waals surface area contributed by atoms with Gasteiger partial charge in [-0.15, -0.1) is 0 Å². The van der Waals surface area contributed by atoms with Crippen molar-refractivity contribution < 1.29 is 9.59 Å². The van der Waals surface area contributed by atoms with Crippen molar-refractivity contribution >= 4 is 17.6 Å². The number of hydrogen-bond donors (Lipinski definition) is 2. The molecule has 2 fully saturated rings. The van der Waals surface area contributed by atoms with Crippen LogP contribution in [0.2, 0.25) is 0 Å². The third-order valence-electron chi connectivity index (χ3n) is 8.54. The van der Waals surface area contributed by atoms with E-state index in [1.165, 1.54) is 5.56 Å². The monoisotopic (exact) mass is 513 g/mol. The van der Waals surface area contributed by atoms with Crippen LogP contribution in [0.5, 0.6) is 0 Å². The van der Waals surface area contributed by atoms with Crippen LogP contribution >= 0.6 is 0 Å². The van der Waals surface area contributed by atoms with Gasteiger partial charge in [-0.1, -0.05) is 42.5 Å². The van der Waals surface area contributed by atoms with Crippen molar-refractivity contribution in [1.82, 2.24) is 15.2 Å². The maximum absolute atomic E-state index is 13.4. The van der Waals surface area contributed by atoms with Crippen molar-refractivity contribution in [1.29, 1.82) is 0 Å². The van der Waals surface area contributed by atoms with Crippen LogP contribution in [-0.2, 0) is 4.79 Å². The molecule has 200 valence electrons. The third kappa shape index (κ3) is 5.68. The van der Waals surface area contributed by atoms with E-state index in [-0.39, 0.29) is 17.9 Å². The molecule has 3 aliphatic rings. The first-order valence-electron chi connectivity index (χ1n) is 13.8. The summed E-state index contributed by atoms with van der Waals surface area (Å²) in [5.41, 5.74) is 9.02. The molecule has 7 nitrogen and oxygen atoms in total. The van der Waals surface area contributed by atoms with Crippen LogP contribution in [0.15, 0.2) is 72.0 Å². The van der Waals surface area contributed by atoms with Gasteiger partial charge in [0.15, 0.2) is 0 Å². The number of amides is 2. The average Bonchev–Trinajstić information content (AvgIpc) is 2.95. The van der Waals surface area contributed by atoms with Crippen molar-refractivity contribution in [3.8, 4) is 0 Å². The SMILES string of the molecule is CC1=CC=C(C(=O)N2CCC(c3ccccc3)CC2)CC1(C)NC(=O)c1ccc(N2CCC(N)CC2)nc1. The fourth-order valence-corrected chi connectivity index (χ4v) is 5.78. The van der Waals surface area contributed by atoms with Crippen LogP contribution in [0.3, 0.4) is 0 Å². The van der Waals surface area contributed by atoms with E-state index in [0.29, 0.717) is 17.9 Å². The van der Waals surface area contributed by atoms with E-state index in [0.717, 1.165) is 68.8 Å². The number of rotatable bonds is 5. The molecule has 1 aromatic heterocycles. The lowest BCUT2D eigenvalue weighted by Gasteiger charge is -2.38. The second-order valence-electron chi connectivity index (χ2n) is 11.2. The zero-order valence-corrected chi connectivity index (χ0v) is 22.5. The number of nitrogens with two attached hydrogens (primary N) is 1. The van der Waals surface area contributed by atoms with Crippen LogP contribution in [0.1, 0.15) is 67.8 Å². The molecule has 0 spiro atoms. The Balaban J connectivity index is 1.19. The van der Waals surface area contributed by atoms with Crippen LogP contribution in [0.25, 0.3) is 0 Å². The standard InChI is InChI=1S/C31H39N5O2/c1-22-8-9-25(30(38)36-16-12-24(13-17-36)23-6-4-3-5-7-23)20-31(22,2)34-29(37)26-10-11-28(33-21-26)35-18-14-27(32)15-19-35/h3-11,21,24,27H,12-20,32H2,1-2H3,(H,34,37). The van der Waals surface area contributed by atoms with Crippen molar-refractivity contribution in [3.63, 3.8) is 0 Å².